The molecule has 1 aromatic carbocycles. The molecule has 0 aliphatic carbocycles. The largest absolute Gasteiger partial charge is 0.369 e. The molecule has 78 valence electrons. The standard InChI is InChI=1S/C11H14N4/c1-8(2)9-5-3-4-6-10(9)15-11(13)14-7-12/h3-6,8H,1-2H3,(H3,13,14,15). The highest BCUT2D eigenvalue weighted by atomic mass is 15.1. The van der Waals surface area contributed by atoms with Gasteiger partial charge in [-0.2, -0.15) is 5.26 Å². The monoisotopic (exact) mass is 202 g/mol. The minimum absolute atomic E-state index is 0.116. The van der Waals surface area contributed by atoms with Crippen molar-refractivity contribution in [2.24, 2.45) is 10.7 Å². The Balaban J connectivity index is 3.04. The third-order valence-corrected chi connectivity index (χ3v) is 1.98. The van der Waals surface area contributed by atoms with E-state index in [9.17, 15) is 0 Å². The Hall–Kier alpha value is -2.02. The van der Waals surface area contributed by atoms with Crippen LogP contribution in [-0.4, -0.2) is 5.96 Å². The number of benzene rings is 1. The van der Waals surface area contributed by atoms with Crippen LogP contribution in [0.3, 0.4) is 0 Å². The van der Waals surface area contributed by atoms with Crippen LogP contribution in [0.1, 0.15) is 25.3 Å². The summed E-state index contributed by atoms with van der Waals surface area (Å²) in [5.74, 6) is 0.491. The summed E-state index contributed by atoms with van der Waals surface area (Å²) in [6, 6.07) is 7.73. The molecule has 4 nitrogen and oxygen atoms in total. The minimum atomic E-state index is 0.116. The fraction of sp³-hybridized carbons (Fsp3) is 0.273. The number of nitriles is 1. The van der Waals surface area contributed by atoms with Crippen molar-refractivity contribution in [2.75, 3.05) is 0 Å². The molecule has 1 aromatic rings. The summed E-state index contributed by atoms with van der Waals surface area (Å²) in [5, 5.41) is 10.7. The molecule has 15 heavy (non-hydrogen) atoms. The molecule has 1 rings (SSSR count). The van der Waals surface area contributed by atoms with Crippen molar-refractivity contribution in [1.82, 2.24) is 5.32 Å². The van der Waals surface area contributed by atoms with E-state index < -0.39 is 0 Å². The lowest BCUT2D eigenvalue weighted by Crippen LogP contribution is -2.26. The van der Waals surface area contributed by atoms with Crippen LogP contribution >= 0.6 is 0 Å². The van der Waals surface area contributed by atoms with E-state index >= 15 is 0 Å². The third kappa shape index (κ3) is 2.99. The van der Waals surface area contributed by atoms with Crippen LogP contribution < -0.4 is 11.1 Å². The minimum Gasteiger partial charge on any atom is -0.369 e. The van der Waals surface area contributed by atoms with Gasteiger partial charge in [-0.15, -0.1) is 0 Å². The van der Waals surface area contributed by atoms with Crippen molar-refractivity contribution in [3.8, 4) is 6.19 Å². The number of para-hydroxylation sites is 1. The van der Waals surface area contributed by atoms with Crippen LogP contribution in [0.5, 0.6) is 0 Å². The number of nitrogens with one attached hydrogen (secondary N) is 1. The highest BCUT2D eigenvalue weighted by molar-refractivity contribution is 5.82. The maximum atomic E-state index is 8.37. The second-order valence-electron chi connectivity index (χ2n) is 3.45. The van der Waals surface area contributed by atoms with Crippen LogP contribution in [0.4, 0.5) is 5.69 Å². The molecule has 0 radical (unpaired) electrons. The predicted octanol–water partition coefficient (Wildman–Crippen LogP) is 1.83. The molecule has 3 N–H and O–H groups in total. The Morgan fingerprint density at radius 3 is 2.73 bits per heavy atom. The van der Waals surface area contributed by atoms with Crippen LogP contribution in [0, 0.1) is 11.5 Å². The summed E-state index contributed by atoms with van der Waals surface area (Å²) in [6.45, 7) is 4.17. The number of rotatable bonds is 2. The molecule has 0 amide bonds. The number of hydrogen-bond donors (Lipinski definition) is 2. The van der Waals surface area contributed by atoms with E-state index in [4.69, 9.17) is 11.0 Å². The van der Waals surface area contributed by atoms with Crippen molar-refractivity contribution in [3.05, 3.63) is 29.8 Å². The quantitative estimate of drug-likeness (QED) is 0.332. The van der Waals surface area contributed by atoms with Crippen LogP contribution in [-0.2, 0) is 0 Å². The van der Waals surface area contributed by atoms with E-state index in [1.165, 1.54) is 0 Å². The van der Waals surface area contributed by atoms with Crippen molar-refractivity contribution in [2.45, 2.75) is 19.8 Å². The Kier molecular flexibility index (Phi) is 3.69. The Morgan fingerprint density at radius 1 is 1.47 bits per heavy atom. The Morgan fingerprint density at radius 2 is 2.13 bits per heavy atom. The molecular weight excluding hydrogens is 188 g/mol. The number of hydrogen-bond acceptors (Lipinski definition) is 2. The molecule has 0 fully saturated rings. The second kappa shape index (κ2) is 5.01. The summed E-state index contributed by atoms with van der Waals surface area (Å²) in [5.41, 5.74) is 7.41. The van der Waals surface area contributed by atoms with E-state index in [1.807, 2.05) is 24.3 Å². The third-order valence-electron chi connectivity index (χ3n) is 1.98. The first-order chi connectivity index (χ1) is 7.15. The van der Waals surface area contributed by atoms with Gasteiger partial charge in [-0.05, 0) is 17.5 Å². The van der Waals surface area contributed by atoms with Gasteiger partial charge in [0.2, 0.25) is 5.96 Å². The highest BCUT2D eigenvalue weighted by Crippen LogP contribution is 2.25. The molecule has 0 spiro atoms. The van der Waals surface area contributed by atoms with Gasteiger partial charge in [0.05, 0.1) is 5.69 Å². The zero-order chi connectivity index (χ0) is 11.3. The van der Waals surface area contributed by atoms with E-state index in [2.05, 4.69) is 24.2 Å². The average Bonchev–Trinajstić information content (AvgIpc) is 2.18. The molecule has 0 atom stereocenters. The van der Waals surface area contributed by atoms with Crippen molar-refractivity contribution >= 4 is 11.6 Å². The van der Waals surface area contributed by atoms with Gasteiger partial charge in [-0.1, -0.05) is 32.0 Å². The van der Waals surface area contributed by atoms with Gasteiger partial charge in [-0.3, -0.25) is 5.32 Å². The summed E-state index contributed by atoms with van der Waals surface area (Å²) in [7, 11) is 0. The highest BCUT2D eigenvalue weighted by Gasteiger charge is 2.04. The first-order valence-corrected chi connectivity index (χ1v) is 4.73. The maximum Gasteiger partial charge on any atom is 0.207 e. The number of aliphatic imine (C=N–C) groups is 1. The van der Waals surface area contributed by atoms with E-state index in [-0.39, 0.29) is 5.96 Å². The number of nitrogens with two attached hydrogens (primary N) is 1. The van der Waals surface area contributed by atoms with E-state index in [0.717, 1.165) is 11.3 Å². The fourth-order valence-corrected chi connectivity index (χ4v) is 1.29. The molecule has 0 unspecified atom stereocenters. The molecule has 4 heteroatoms. The molecule has 0 aliphatic heterocycles. The van der Waals surface area contributed by atoms with Gasteiger partial charge in [-0.25, -0.2) is 4.99 Å². The van der Waals surface area contributed by atoms with Crippen molar-refractivity contribution in [3.63, 3.8) is 0 Å². The molecule has 0 saturated heterocycles. The van der Waals surface area contributed by atoms with Crippen molar-refractivity contribution < 1.29 is 0 Å². The summed E-state index contributed by atoms with van der Waals surface area (Å²) >= 11 is 0. The predicted molar refractivity (Wildman–Crippen MR) is 60.6 cm³/mol. The lowest BCUT2D eigenvalue weighted by Gasteiger charge is -2.08. The normalized spacial score (nSPS) is 11.2. The molecular formula is C11H14N4. The van der Waals surface area contributed by atoms with Crippen LogP contribution in [0.2, 0.25) is 0 Å². The molecule has 0 saturated carbocycles. The van der Waals surface area contributed by atoms with Gasteiger partial charge < -0.3 is 5.73 Å². The van der Waals surface area contributed by atoms with Crippen LogP contribution in [0.15, 0.2) is 29.3 Å². The van der Waals surface area contributed by atoms with Gasteiger partial charge in [0, 0.05) is 0 Å². The average molecular weight is 202 g/mol. The lowest BCUT2D eigenvalue weighted by atomic mass is 10.0. The maximum absolute atomic E-state index is 8.37. The SMILES string of the molecule is CC(C)c1ccccc1N=C(N)NC#N. The van der Waals surface area contributed by atoms with Gasteiger partial charge >= 0.3 is 0 Å². The molecule has 0 heterocycles. The lowest BCUT2D eigenvalue weighted by molar-refractivity contribution is 0.866. The Bertz CT molecular complexity index is 401. The topological polar surface area (TPSA) is 74.2 Å². The Labute approximate surface area is 89.4 Å². The number of guanidine groups is 1. The fourth-order valence-electron chi connectivity index (χ4n) is 1.29. The molecule has 0 aliphatic rings. The second-order valence-corrected chi connectivity index (χ2v) is 3.45. The van der Waals surface area contributed by atoms with Crippen molar-refractivity contribution in [1.29, 1.82) is 5.26 Å². The zero-order valence-corrected chi connectivity index (χ0v) is 8.86. The zero-order valence-electron chi connectivity index (χ0n) is 8.86. The molecule has 0 aromatic heterocycles. The first kappa shape index (κ1) is 11.1. The van der Waals surface area contributed by atoms with Crippen LogP contribution in [0.25, 0.3) is 0 Å². The first-order valence-electron chi connectivity index (χ1n) is 4.73. The smallest absolute Gasteiger partial charge is 0.207 e. The van der Waals surface area contributed by atoms with Gasteiger partial charge in [0.25, 0.3) is 0 Å². The summed E-state index contributed by atoms with van der Waals surface area (Å²) in [4.78, 5) is 4.13. The van der Waals surface area contributed by atoms with Gasteiger partial charge in [0.1, 0.15) is 0 Å². The number of nitrogens with zero attached hydrogens (tertiary/aromatic N) is 2. The van der Waals surface area contributed by atoms with Gasteiger partial charge in [0.15, 0.2) is 6.19 Å². The van der Waals surface area contributed by atoms with E-state index in [1.54, 1.807) is 6.19 Å². The van der Waals surface area contributed by atoms with E-state index in [0.29, 0.717) is 5.92 Å². The molecule has 0 bridgehead atoms. The summed E-state index contributed by atoms with van der Waals surface area (Å²) in [6.07, 6.45) is 1.73. The summed E-state index contributed by atoms with van der Waals surface area (Å²) < 4.78 is 0.